The summed E-state index contributed by atoms with van der Waals surface area (Å²) >= 11 is 1.26. The number of carbonyl (C=O) groups is 1. The molecule has 0 unspecified atom stereocenters. The van der Waals surface area contributed by atoms with Gasteiger partial charge in [-0.2, -0.15) is 13.2 Å². The first-order chi connectivity index (χ1) is 14.8. The van der Waals surface area contributed by atoms with E-state index in [1.54, 1.807) is 12.3 Å². The van der Waals surface area contributed by atoms with E-state index >= 15 is 0 Å². The van der Waals surface area contributed by atoms with Crippen LogP contribution in [0.15, 0.2) is 36.7 Å². The molecule has 0 saturated carbocycles. The number of carbonyl (C=O) groups excluding carboxylic acids is 1. The number of nitrogens with zero attached hydrogens (tertiary/aromatic N) is 4. The minimum absolute atomic E-state index is 0.128. The quantitative estimate of drug-likeness (QED) is 0.578. The zero-order valence-corrected chi connectivity index (χ0v) is 17.3. The lowest BCUT2D eigenvalue weighted by Crippen LogP contribution is -2.36. The second-order valence-electron chi connectivity index (χ2n) is 6.84. The van der Waals surface area contributed by atoms with Crippen LogP contribution in [0.1, 0.15) is 22.4 Å². The zero-order chi connectivity index (χ0) is 22.0. The number of Topliss-reactive ketones (excluding diaryl/α,β-unsaturated/α-hetero) is 1. The fourth-order valence-electron chi connectivity index (χ4n) is 3.11. The Morgan fingerprint density at radius 1 is 1.19 bits per heavy atom. The van der Waals surface area contributed by atoms with E-state index in [9.17, 15) is 18.0 Å². The van der Waals surface area contributed by atoms with Gasteiger partial charge >= 0.3 is 6.18 Å². The van der Waals surface area contributed by atoms with Crippen molar-refractivity contribution in [2.75, 3.05) is 36.5 Å². The predicted octanol–water partition coefficient (Wildman–Crippen LogP) is 4.40. The third-order valence-corrected chi connectivity index (χ3v) is 5.73. The van der Waals surface area contributed by atoms with E-state index in [4.69, 9.17) is 4.74 Å². The monoisotopic (exact) mass is 449 g/mol. The Bertz CT molecular complexity index is 1100. The third-order valence-electron chi connectivity index (χ3n) is 4.59. The SMILES string of the molecule is CC(=O)c1ncc(-c2cc(Nc3nccc(C(F)(F)F)n3)cc(N3CCOCC3)c2)s1. The number of thiazole rings is 1. The lowest BCUT2D eigenvalue weighted by atomic mass is 10.1. The highest BCUT2D eigenvalue weighted by Gasteiger charge is 2.32. The summed E-state index contributed by atoms with van der Waals surface area (Å²) in [4.78, 5) is 26.2. The van der Waals surface area contributed by atoms with Gasteiger partial charge < -0.3 is 15.0 Å². The Morgan fingerprint density at radius 3 is 2.65 bits per heavy atom. The average Bonchev–Trinajstić information content (AvgIpc) is 3.25. The first-order valence-corrected chi connectivity index (χ1v) is 10.2. The Hall–Kier alpha value is -3.05. The molecule has 162 valence electrons. The molecule has 1 aliphatic rings. The largest absolute Gasteiger partial charge is 0.433 e. The molecule has 0 radical (unpaired) electrons. The van der Waals surface area contributed by atoms with Gasteiger partial charge in [-0.3, -0.25) is 4.79 Å². The fourth-order valence-corrected chi connectivity index (χ4v) is 3.90. The van der Waals surface area contributed by atoms with Crippen molar-refractivity contribution in [3.63, 3.8) is 0 Å². The van der Waals surface area contributed by atoms with Crippen LogP contribution in [-0.2, 0) is 10.9 Å². The van der Waals surface area contributed by atoms with Crippen LogP contribution >= 0.6 is 11.3 Å². The molecule has 1 aromatic carbocycles. The van der Waals surface area contributed by atoms with Crippen LogP contribution in [0.4, 0.5) is 30.5 Å². The number of hydrogen-bond donors (Lipinski definition) is 1. The summed E-state index contributed by atoms with van der Waals surface area (Å²) in [5.41, 5.74) is 1.15. The van der Waals surface area contributed by atoms with Crippen molar-refractivity contribution < 1.29 is 22.7 Å². The van der Waals surface area contributed by atoms with Crippen molar-refractivity contribution in [2.45, 2.75) is 13.1 Å². The van der Waals surface area contributed by atoms with Crippen LogP contribution in [0.25, 0.3) is 10.4 Å². The number of morpholine rings is 1. The molecule has 3 aromatic rings. The van der Waals surface area contributed by atoms with Crippen LogP contribution in [0.5, 0.6) is 0 Å². The van der Waals surface area contributed by atoms with Crippen LogP contribution in [0.3, 0.4) is 0 Å². The molecule has 0 amide bonds. The number of rotatable bonds is 5. The van der Waals surface area contributed by atoms with Gasteiger partial charge in [-0.1, -0.05) is 0 Å². The summed E-state index contributed by atoms with van der Waals surface area (Å²) in [6.45, 7) is 3.98. The molecule has 0 aliphatic carbocycles. The average molecular weight is 449 g/mol. The lowest BCUT2D eigenvalue weighted by Gasteiger charge is -2.29. The van der Waals surface area contributed by atoms with Crippen molar-refractivity contribution in [3.8, 4) is 10.4 Å². The van der Waals surface area contributed by atoms with Crippen LogP contribution in [0, 0.1) is 0 Å². The van der Waals surface area contributed by atoms with E-state index in [-0.39, 0.29) is 11.7 Å². The molecule has 3 heterocycles. The first kappa shape index (κ1) is 21.2. The molecule has 7 nitrogen and oxygen atoms in total. The maximum Gasteiger partial charge on any atom is 0.433 e. The van der Waals surface area contributed by atoms with Gasteiger partial charge in [0.25, 0.3) is 0 Å². The molecule has 2 aromatic heterocycles. The Labute approximate surface area is 179 Å². The number of anilines is 3. The molecular weight excluding hydrogens is 431 g/mol. The van der Waals surface area contributed by atoms with E-state index in [1.165, 1.54) is 18.3 Å². The number of hydrogen-bond acceptors (Lipinski definition) is 8. The maximum absolute atomic E-state index is 13.0. The molecular formula is C20H18F3N5O2S. The Kier molecular flexibility index (Phi) is 5.88. The minimum Gasteiger partial charge on any atom is -0.378 e. The van der Waals surface area contributed by atoms with Gasteiger partial charge in [-0.25, -0.2) is 15.0 Å². The molecule has 0 bridgehead atoms. The first-order valence-electron chi connectivity index (χ1n) is 9.42. The van der Waals surface area contributed by atoms with Crippen LogP contribution in [0.2, 0.25) is 0 Å². The predicted molar refractivity (Wildman–Crippen MR) is 111 cm³/mol. The summed E-state index contributed by atoms with van der Waals surface area (Å²) < 4.78 is 44.4. The van der Waals surface area contributed by atoms with Gasteiger partial charge in [0.15, 0.2) is 10.8 Å². The standard InChI is InChI=1S/C20H18F3N5O2S/c1-12(29)18-25-11-16(31-18)13-8-14(10-15(9-13)28-4-6-30-7-5-28)26-19-24-3-2-17(27-19)20(21,22)23/h2-3,8-11H,4-7H2,1H3,(H,24,26,27). The molecule has 11 heteroatoms. The highest BCUT2D eigenvalue weighted by Crippen LogP contribution is 2.34. The Balaban J connectivity index is 1.71. The van der Waals surface area contributed by atoms with E-state index < -0.39 is 11.9 Å². The zero-order valence-electron chi connectivity index (χ0n) is 16.4. The summed E-state index contributed by atoms with van der Waals surface area (Å²) in [6.07, 6.45) is -1.89. The minimum atomic E-state index is -4.56. The maximum atomic E-state index is 13.0. The summed E-state index contributed by atoms with van der Waals surface area (Å²) in [5.74, 6) is -0.287. The molecule has 0 spiro atoms. The number of aromatic nitrogens is 3. The summed E-state index contributed by atoms with van der Waals surface area (Å²) in [7, 11) is 0. The second-order valence-corrected chi connectivity index (χ2v) is 7.87. The van der Waals surface area contributed by atoms with Crippen LogP contribution in [-0.4, -0.2) is 47.0 Å². The molecule has 1 fully saturated rings. The lowest BCUT2D eigenvalue weighted by molar-refractivity contribution is -0.141. The van der Waals surface area contributed by atoms with E-state index in [2.05, 4.69) is 25.2 Å². The highest BCUT2D eigenvalue weighted by atomic mass is 32.1. The molecule has 1 N–H and O–H groups in total. The van der Waals surface area contributed by atoms with Gasteiger partial charge in [0.05, 0.1) is 18.1 Å². The molecule has 31 heavy (non-hydrogen) atoms. The number of nitrogens with one attached hydrogen (secondary N) is 1. The van der Waals surface area contributed by atoms with E-state index in [1.807, 2.05) is 12.1 Å². The highest BCUT2D eigenvalue weighted by molar-refractivity contribution is 7.17. The number of ketones is 1. The smallest absolute Gasteiger partial charge is 0.378 e. The Morgan fingerprint density at radius 2 is 1.97 bits per heavy atom. The fraction of sp³-hybridized carbons (Fsp3) is 0.300. The van der Waals surface area contributed by atoms with E-state index in [0.29, 0.717) is 37.0 Å². The van der Waals surface area contributed by atoms with Crippen LogP contribution < -0.4 is 10.2 Å². The van der Waals surface area contributed by atoms with Gasteiger partial charge in [0.1, 0.15) is 5.69 Å². The van der Waals surface area contributed by atoms with Gasteiger partial charge in [0, 0.05) is 43.8 Å². The van der Waals surface area contributed by atoms with Crippen molar-refractivity contribution in [3.05, 3.63) is 47.4 Å². The van der Waals surface area contributed by atoms with Gasteiger partial charge in [-0.05, 0) is 29.8 Å². The van der Waals surface area contributed by atoms with Crippen molar-refractivity contribution in [1.82, 2.24) is 15.0 Å². The number of ether oxygens (including phenoxy) is 1. The second kappa shape index (κ2) is 8.60. The number of alkyl halides is 3. The van der Waals surface area contributed by atoms with Crippen molar-refractivity contribution in [1.29, 1.82) is 0 Å². The molecule has 4 rings (SSSR count). The normalized spacial score (nSPS) is 14.5. The number of halogens is 3. The van der Waals surface area contributed by atoms with Gasteiger partial charge in [-0.15, -0.1) is 11.3 Å². The summed E-state index contributed by atoms with van der Waals surface area (Å²) in [5, 5.41) is 3.26. The molecule has 1 saturated heterocycles. The molecule has 0 atom stereocenters. The van der Waals surface area contributed by atoms with Crippen molar-refractivity contribution >= 4 is 34.4 Å². The topological polar surface area (TPSA) is 80.2 Å². The van der Waals surface area contributed by atoms with E-state index in [0.717, 1.165) is 28.4 Å². The summed E-state index contributed by atoms with van der Waals surface area (Å²) in [6, 6.07) is 6.37. The van der Waals surface area contributed by atoms with Crippen molar-refractivity contribution in [2.24, 2.45) is 0 Å². The number of benzene rings is 1. The van der Waals surface area contributed by atoms with Gasteiger partial charge in [0.2, 0.25) is 5.95 Å². The molecule has 1 aliphatic heterocycles. The third kappa shape index (κ3) is 5.00.